The van der Waals surface area contributed by atoms with Crippen molar-refractivity contribution in [1.82, 2.24) is 19.7 Å². The van der Waals surface area contributed by atoms with Crippen molar-refractivity contribution in [3.05, 3.63) is 47.7 Å². The number of fused-ring (bicyclic) bond motifs is 1. The van der Waals surface area contributed by atoms with Crippen LogP contribution in [-0.4, -0.2) is 64.7 Å². The maximum atomic E-state index is 9.22. The van der Waals surface area contributed by atoms with E-state index in [2.05, 4.69) is 54.0 Å². The molecule has 9 nitrogen and oxygen atoms in total. The number of rotatable bonds is 2. The van der Waals surface area contributed by atoms with Crippen molar-refractivity contribution < 1.29 is 0 Å². The third-order valence-corrected chi connectivity index (χ3v) is 5.47. The third-order valence-electron chi connectivity index (χ3n) is 5.47. The second kappa shape index (κ2) is 8.27. The first-order chi connectivity index (χ1) is 14.6. The molecule has 0 aliphatic carbocycles. The van der Waals surface area contributed by atoms with Crippen LogP contribution in [0.2, 0.25) is 0 Å². The van der Waals surface area contributed by atoms with Gasteiger partial charge in [-0.1, -0.05) is 6.07 Å². The van der Waals surface area contributed by atoms with E-state index in [-0.39, 0.29) is 12.2 Å². The molecule has 30 heavy (non-hydrogen) atoms. The summed E-state index contributed by atoms with van der Waals surface area (Å²) in [6, 6.07) is 11.5. The largest absolute Gasteiger partial charge is 0.346 e. The van der Waals surface area contributed by atoms with Crippen LogP contribution in [0.1, 0.15) is 24.2 Å². The maximum Gasteiger partial charge on any atom is 0.214 e. The number of hydrogen-bond donors (Lipinski definition) is 2. The van der Waals surface area contributed by atoms with Gasteiger partial charge in [-0.15, -0.1) is 4.99 Å². The summed E-state index contributed by atoms with van der Waals surface area (Å²) in [5.74, 6) is 1.40. The molecule has 1 fully saturated rings. The Balaban J connectivity index is 1.50. The van der Waals surface area contributed by atoms with Crippen LogP contribution in [0.15, 0.2) is 46.5 Å². The number of anilines is 1. The number of aromatic nitrogens is 1. The van der Waals surface area contributed by atoms with Gasteiger partial charge in [-0.2, -0.15) is 10.5 Å². The maximum absolute atomic E-state index is 9.22. The lowest BCUT2D eigenvalue weighted by Gasteiger charge is -2.46. The molecule has 1 aromatic carbocycles. The number of nitrogens with zero attached hydrogens (tertiary/aromatic N) is 7. The van der Waals surface area contributed by atoms with Crippen molar-refractivity contribution in [2.24, 2.45) is 9.98 Å². The van der Waals surface area contributed by atoms with Gasteiger partial charge in [0.2, 0.25) is 12.2 Å². The lowest BCUT2D eigenvalue weighted by atomic mass is 10.1. The number of hydrogen-bond acceptors (Lipinski definition) is 6. The second-order valence-electron chi connectivity index (χ2n) is 7.46. The zero-order chi connectivity index (χ0) is 21.1. The molecule has 4 rings (SSSR count). The highest BCUT2D eigenvalue weighted by molar-refractivity contribution is 5.94. The molecule has 3 heterocycles. The fourth-order valence-electron chi connectivity index (χ4n) is 4.11. The van der Waals surface area contributed by atoms with Gasteiger partial charge in [-0.3, -0.25) is 4.90 Å². The summed E-state index contributed by atoms with van der Waals surface area (Å²) in [5, 5.41) is 21.6. The lowest BCUT2D eigenvalue weighted by Crippen LogP contribution is -2.57. The molecule has 2 aliphatic rings. The van der Waals surface area contributed by atoms with Gasteiger partial charge >= 0.3 is 0 Å². The average molecular weight is 401 g/mol. The Morgan fingerprint density at radius 3 is 2.93 bits per heavy atom. The van der Waals surface area contributed by atoms with E-state index in [0.29, 0.717) is 18.1 Å². The minimum Gasteiger partial charge on any atom is -0.346 e. The number of H-pyrrole nitrogens is 1. The van der Waals surface area contributed by atoms with Crippen molar-refractivity contribution >= 4 is 23.8 Å². The van der Waals surface area contributed by atoms with E-state index in [0.717, 1.165) is 30.2 Å². The number of aromatic amines is 1. The first-order valence-corrected chi connectivity index (χ1v) is 9.78. The summed E-state index contributed by atoms with van der Waals surface area (Å²) in [4.78, 5) is 18.3. The quantitative estimate of drug-likeness (QED) is 0.454. The number of benzene rings is 1. The van der Waals surface area contributed by atoms with E-state index in [9.17, 15) is 5.26 Å². The number of piperazine rings is 1. The predicted octanol–water partition coefficient (Wildman–Crippen LogP) is 2.45. The van der Waals surface area contributed by atoms with E-state index >= 15 is 0 Å². The molecular weight excluding hydrogens is 378 g/mol. The van der Waals surface area contributed by atoms with Crippen molar-refractivity contribution in [1.29, 1.82) is 10.5 Å². The van der Waals surface area contributed by atoms with Gasteiger partial charge in [0.15, 0.2) is 0 Å². The van der Waals surface area contributed by atoms with Crippen molar-refractivity contribution in [3.8, 4) is 12.3 Å². The molecule has 1 aromatic heterocycles. The Hall–Kier alpha value is -3.82. The molecule has 2 aromatic rings. The minimum absolute atomic E-state index is 0.116. The third kappa shape index (κ3) is 3.71. The van der Waals surface area contributed by atoms with Gasteiger partial charge in [0, 0.05) is 50.2 Å². The summed E-state index contributed by atoms with van der Waals surface area (Å²) in [7, 11) is 2.04. The van der Waals surface area contributed by atoms with Crippen LogP contribution in [0.3, 0.4) is 0 Å². The van der Waals surface area contributed by atoms with Gasteiger partial charge in [0.05, 0.1) is 18.0 Å². The molecule has 0 saturated carbocycles. The van der Waals surface area contributed by atoms with Crippen LogP contribution in [0.25, 0.3) is 0 Å². The van der Waals surface area contributed by atoms with Gasteiger partial charge < -0.3 is 20.1 Å². The van der Waals surface area contributed by atoms with Gasteiger partial charge in [0.25, 0.3) is 0 Å². The van der Waals surface area contributed by atoms with Crippen LogP contribution < -0.4 is 5.32 Å². The van der Waals surface area contributed by atoms with Crippen molar-refractivity contribution in [2.45, 2.75) is 19.1 Å². The predicted molar refractivity (Wildman–Crippen MR) is 115 cm³/mol. The molecule has 152 valence electrons. The smallest absolute Gasteiger partial charge is 0.214 e. The van der Waals surface area contributed by atoms with Crippen LogP contribution in [0.4, 0.5) is 11.5 Å². The first kappa shape index (κ1) is 19.5. The summed E-state index contributed by atoms with van der Waals surface area (Å²) < 4.78 is 0. The zero-order valence-electron chi connectivity index (χ0n) is 16.9. The zero-order valence-corrected chi connectivity index (χ0v) is 16.9. The Morgan fingerprint density at radius 2 is 2.17 bits per heavy atom. The van der Waals surface area contributed by atoms with E-state index < -0.39 is 0 Å². The fraction of sp³-hybridized carbons (Fsp3) is 0.333. The molecule has 2 aliphatic heterocycles. The number of guanidine groups is 1. The van der Waals surface area contributed by atoms with Gasteiger partial charge in [0.1, 0.15) is 12.0 Å². The Morgan fingerprint density at radius 1 is 1.30 bits per heavy atom. The molecule has 2 N–H and O–H groups in total. The highest BCUT2D eigenvalue weighted by atomic mass is 15.4. The molecular formula is C21H23N9. The normalized spacial score (nSPS) is 21.7. The van der Waals surface area contributed by atoms with Crippen LogP contribution in [-0.2, 0) is 0 Å². The van der Waals surface area contributed by atoms with E-state index in [1.807, 2.05) is 31.8 Å². The van der Waals surface area contributed by atoms with Crippen molar-refractivity contribution in [2.75, 3.05) is 32.0 Å². The molecule has 0 radical (unpaired) electrons. The summed E-state index contributed by atoms with van der Waals surface area (Å²) >= 11 is 0. The van der Waals surface area contributed by atoms with Crippen LogP contribution in [0.5, 0.6) is 0 Å². The number of nitriles is 2. The summed E-state index contributed by atoms with van der Waals surface area (Å²) in [6.45, 7) is 4.45. The lowest BCUT2D eigenvalue weighted by molar-refractivity contribution is 0.0457. The molecule has 1 unspecified atom stereocenters. The van der Waals surface area contributed by atoms with E-state index in [1.165, 1.54) is 0 Å². The van der Waals surface area contributed by atoms with Crippen LogP contribution >= 0.6 is 0 Å². The first-order valence-electron chi connectivity index (χ1n) is 9.78. The van der Waals surface area contributed by atoms with Crippen molar-refractivity contribution in [3.63, 3.8) is 0 Å². The molecule has 1 saturated heterocycles. The van der Waals surface area contributed by atoms with Gasteiger partial charge in [-0.05, 0) is 31.2 Å². The average Bonchev–Trinajstić information content (AvgIpc) is 3.22. The monoisotopic (exact) mass is 401 g/mol. The second-order valence-corrected chi connectivity index (χ2v) is 7.46. The minimum atomic E-state index is 0.116. The van der Waals surface area contributed by atoms with E-state index in [1.54, 1.807) is 18.2 Å². The molecule has 0 amide bonds. The van der Waals surface area contributed by atoms with Crippen LogP contribution in [0, 0.1) is 22.8 Å². The Labute approximate surface area is 175 Å². The SMILES string of the molecule is CC1CN([C@@H]2c3cc[nH]c3N=CN2C)CCN1C(=NC#N)Nc1cccc(C#N)c1. The van der Waals surface area contributed by atoms with Gasteiger partial charge in [-0.25, -0.2) is 4.99 Å². The topological polar surface area (TPSA) is 110 Å². The Kier molecular flexibility index (Phi) is 5.38. The Bertz CT molecular complexity index is 1050. The summed E-state index contributed by atoms with van der Waals surface area (Å²) in [6.07, 6.45) is 5.79. The standard InChI is InChI=1S/C21H23N9/c1-15-12-29(20-18-6-7-24-19(18)26-14-28(20)2)8-9-30(15)21(25-13-23)27-17-5-3-4-16(10-17)11-22/h3-7,10,14-15,20,24H,8-9,12H2,1-2H3,(H,25,27)/t15?,20-/m1/s1. The molecule has 2 atom stereocenters. The number of nitrogens with one attached hydrogen (secondary N) is 2. The van der Waals surface area contributed by atoms with E-state index in [4.69, 9.17) is 5.26 Å². The number of aliphatic imine (C=N–C) groups is 2. The molecule has 9 heteroatoms. The highest BCUT2D eigenvalue weighted by Gasteiger charge is 2.35. The molecule has 0 bridgehead atoms. The summed E-state index contributed by atoms with van der Waals surface area (Å²) in [5.41, 5.74) is 2.45. The molecule has 0 spiro atoms. The fourth-order valence-corrected chi connectivity index (χ4v) is 4.11. The highest BCUT2D eigenvalue weighted by Crippen LogP contribution is 2.34.